The molecular weight excluding hydrogens is 338 g/mol. The largest absolute Gasteiger partial charge is 0.336 e. The third kappa shape index (κ3) is 4.59. The third-order valence-electron chi connectivity index (χ3n) is 4.64. The van der Waals surface area contributed by atoms with E-state index >= 15 is 0 Å². The summed E-state index contributed by atoms with van der Waals surface area (Å²) < 4.78 is 26.4. The van der Waals surface area contributed by atoms with Crippen molar-refractivity contribution in [2.75, 3.05) is 45.8 Å². The number of amides is 1. The highest BCUT2D eigenvalue weighted by Crippen LogP contribution is 2.17. The second-order valence-electron chi connectivity index (χ2n) is 6.25. The molecule has 1 heterocycles. The van der Waals surface area contributed by atoms with Gasteiger partial charge in [0.05, 0.1) is 4.90 Å². The van der Waals surface area contributed by atoms with Gasteiger partial charge >= 0.3 is 0 Å². The van der Waals surface area contributed by atoms with Crippen LogP contribution in [-0.2, 0) is 10.0 Å². The molecule has 6 nitrogen and oxygen atoms in total. The normalized spacial score (nSPS) is 16.4. The summed E-state index contributed by atoms with van der Waals surface area (Å²) in [6.07, 6.45) is 1.12. The first-order chi connectivity index (χ1) is 11.9. The summed E-state index contributed by atoms with van der Waals surface area (Å²) in [5, 5.41) is 0. The Hall–Kier alpha value is -1.44. The van der Waals surface area contributed by atoms with Crippen LogP contribution in [0.2, 0.25) is 0 Å². The monoisotopic (exact) mass is 367 g/mol. The molecule has 25 heavy (non-hydrogen) atoms. The second kappa shape index (κ2) is 8.78. The maximum absolute atomic E-state index is 12.6. The third-order valence-corrected chi connectivity index (χ3v) is 6.71. The van der Waals surface area contributed by atoms with Gasteiger partial charge in [-0.2, -0.15) is 4.31 Å². The first-order valence-corrected chi connectivity index (χ1v) is 10.5. The number of nitrogens with zero attached hydrogens (tertiary/aromatic N) is 3. The summed E-state index contributed by atoms with van der Waals surface area (Å²) in [4.78, 5) is 17.1. The van der Waals surface area contributed by atoms with Gasteiger partial charge in [-0.1, -0.05) is 20.8 Å². The van der Waals surface area contributed by atoms with E-state index in [2.05, 4.69) is 11.8 Å². The molecule has 0 N–H and O–H groups in total. The summed E-state index contributed by atoms with van der Waals surface area (Å²) in [6.45, 7) is 11.0. The topological polar surface area (TPSA) is 60.9 Å². The van der Waals surface area contributed by atoms with Crippen molar-refractivity contribution in [2.45, 2.75) is 32.1 Å². The van der Waals surface area contributed by atoms with Crippen molar-refractivity contribution in [3.8, 4) is 0 Å². The molecule has 0 atom stereocenters. The highest BCUT2D eigenvalue weighted by atomic mass is 32.2. The fourth-order valence-corrected chi connectivity index (χ4v) is 4.61. The van der Waals surface area contributed by atoms with Crippen LogP contribution >= 0.6 is 0 Å². The Bertz CT molecular complexity index is 661. The van der Waals surface area contributed by atoms with Gasteiger partial charge in [0, 0.05) is 44.8 Å². The number of hydrogen-bond acceptors (Lipinski definition) is 4. The van der Waals surface area contributed by atoms with Crippen LogP contribution in [0.5, 0.6) is 0 Å². The van der Waals surface area contributed by atoms with Gasteiger partial charge in [-0.15, -0.1) is 0 Å². The highest BCUT2D eigenvalue weighted by Gasteiger charge is 2.24. The molecule has 1 amide bonds. The number of sulfonamides is 1. The molecule has 7 heteroatoms. The van der Waals surface area contributed by atoms with Crippen molar-refractivity contribution in [2.24, 2.45) is 0 Å². The van der Waals surface area contributed by atoms with Gasteiger partial charge in [-0.05, 0) is 37.2 Å². The van der Waals surface area contributed by atoms with E-state index in [1.54, 1.807) is 12.1 Å². The van der Waals surface area contributed by atoms with Crippen molar-refractivity contribution < 1.29 is 13.2 Å². The van der Waals surface area contributed by atoms with E-state index in [4.69, 9.17) is 0 Å². The zero-order valence-electron chi connectivity index (χ0n) is 15.4. The molecule has 0 unspecified atom stereocenters. The minimum Gasteiger partial charge on any atom is -0.336 e. The molecular formula is C18H29N3O3S. The Balaban J connectivity index is 2.06. The Morgan fingerprint density at radius 3 is 2.04 bits per heavy atom. The van der Waals surface area contributed by atoms with E-state index in [-0.39, 0.29) is 10.8 Å². The molecule has 0 bridgehead atoms. The molecule has 0 saturated carbocycles. The van der Waals surface area contributed by atoms with E-state index in [0.29, 0.717) is 18.7 Å². The fourth-order valence-electron chi connectivity index (χ4n) is 3.16. The predicted molar refractivity (Wildman–Crippen MR) is 99.2 cm³/mol. The Morgan fingerprint density at radius 2 is 1.56 bits per heavy atom. The number of carbonyl (C=O) groups excluding carboxylic acids is 1. The number of hydrogen-bond donors (Lipinski definition) is 0. The van der Waals surface area contributed by atoms with E-state index in [9.17, 15) is 13.2 Å². The zero-order valence-corrected chi connectivity index (χ0v) is 16.3. The molecule has 1 aliphatic heterocycles. The van der Waals surface area contributed by atoms with Gasteiger partial charge in [0.25, 0.3) is 5.91 Å². The summed E-state index contributed by atoms with van der Waals surface area (Å²) in [7, 11) is -3.48. The van der Waals surface area contributed by atoms with Crippen molar-refractivity contribution in [3.63, 3.8) is 0 Å². The minimum atomic E-state index is -3.48. The molecule has 1 aliphatic rings. The summed E-state index contributed by atoms with van der Waals surface area (Å²) >= 11 is 0. The van der Waals surface area contributed by atoms with Crippen LogP contribution in [0.3, 0.4) is 0 Å². The summed E-state index contributed by atoms with van der Waals surface area (Å²) in [5.74, 6) is -0.0251. The number of carbonyl (C=O) groups is 1. The maximum Gasteiger partial charge on any atom is 0.253 e. The van der Waals surface area contributed by atoms with Crippen molar-refractivity contribution >= 4 is 15.9 Å². The van der Waals surface area contributed by atoms with Gasteiger partial charge < -0.3 is 4.90 Å². The number of piperazine rings is 1. The molecule has 1 fully saturated rings. The average molecular weight is 368 g/mol. The lowest BCUT2D eigenvalue weighted by Crippen LogP contribution is -2.48. The van der Waals surface area contributed by atoms with Crippen molar-refractivity contribution in [1.82, 2.24) is 14.1 Å². The molecule has 0 aromatic heterocycles. The fraction of sp³-hybridized carbons (Fsp3) is 0.611. The molecule has 140 valence electrons. The van der Waals surface area contributed by atoms with Crippen LogP contribution in [0.1, 0.15) is 37.6 Å². The van der Waals surface area contributed by atoms with Crippen molar-refractivity contribution in [1.29, 1.82) is 0 Å². The van der Waals surface area contributed by atoms with Crippen LogP contribution in [0, 0.1) is 0 Å². The molecule has 1 aromatic rings. The highest BCUT2D eigenvalue weighted by molar-refractivity contribution is 7.89. The van der Waals surface area contributed by atoms with E-state index in [0.717, 1.165) is 39.1 Å². The second-order valence-corrected chi connectivity index (χ2v) is 8.19. The van der Waals surface area contributed by atoms with Gasteiger partial charge in [0.15, 0.2) is 0 Å². The predicted octanol–water partition coefficient (Wildman–Crippen LogP) is 1.88. The lowest BCUT2D eigenvalue weighted by Gasteiger charge is -2.34. The lowest BCUT2D eigenvalue weighted by molar-refractivity contribution is 0.0637. The van der Waals surface area contributed by atoms with Gasteiger partial charge in [-0.3, -0.25) is 9.69 Å². The number of rotatable bonds is 7. The van der Waals surface area contributed by atoms with Crippen molar-refractivity contribution in [3.05, 3.63) is 29.8 Å². The Morgan fingerprint density at radius 1 is 1.00 bits per heavy atom. The van der Waals surface area contributed by atoms with E-state index < -0.39 is 10.0 Å². The molecule has 2 rings (SSSR count). The van der Waals surface area contributed by atoms with Crippen LogP contribution < -0.4 is 0 Å². The SMILES string of the molecule is CCCN1CCN(C(=O)c2ccc(S(=O)(=O)N(CC)CC)cc2)CC1. The van der Waals surface area contributed by atoms with Crippen LogP contribution in [0.15, 0.2) is 29.2 Å². The zero-order chi connectivity index (χ0) is 18.4. The standard InChI is InChI=1S/C18H29N3O3S/c1-4-11-19-12-14-20(15-13-19)18(22)16-7-9-17(10-8-16)25(23,24)21(5-2)6-3/h7-10H,4-6,11-15H2,1-3H3. The lowest BCUT2D eigenvalue weighted by atomic mass is 10.2. The van der Waals surface area contributed by atoms with Crippen LogP contribution in [-0.4, -0.2) is 74.2 Å². The van der Waals surface area contributed by atoms with Gasteiger partial charge in [0.1, 0.15) is 0 Å². The first-order valence-electron chi connectivity index (χ1n) is 9.05. The van der Waals surface area contributed by atoms with Gasteiger partial charge in [0.2, 0.25) is 10.0 Å². The minimum absolute atomic E-state index is 0.0251. The summed E-state index contributed by atoms with van der Waals surface area (Å²) in [6, 6.07) is 6.32. The average Bonchev–Trinajstić information content (AvgIpc) is 2.63. The Kier molecular flexibility index (Phi) is 6.98. The quantitative estimate of drug-likeness (QED) is 0.738. The van der Waals surface area contributed by atoms with Crippen LogP contribution in [0.25, 0.3) is 0 Å². The molecule has 0 aliphatic carbocycles. The molecule has 1 aromatic carbocycles. The molecule has 1 saturated heterocycles. The van der Waals surface area contributed by atoms with Crippen LogP contribution in [0.4, 0.5) is 0 Å². The van der Waals surface area contributed by atoms with E-state index in [1.165, 1.54) is 16.4 Å². The van der Waals surface area contributed by atoms with Gasteiger partial charge in [-0.25, -0.2) is 8.42 Å². The smallest absolute Gasteiger partial charge is 0.253 e. The molecule has 0 radical (unpaired) electrons. The molecule has 0 spiro atoms. The first kappa shape index (κ1) is 19.9. The number of benzene rings is 1. The summed E-state index contributed by atoms with van der Waals surface area (Å²) in [5.41, 5.74) is 0.544. The van der Waals surface area contributed by atoms with E-state index in [1.807, 2.05) is 18.7 Å². The maximum atomic E-state index is 12.6. The Labute approximate surface area is 151 Å².